The van der Waals surface area contributed by atoms with E-state index < -0.39 is 29.0 Å². The largest absolute Gasteiger partial charge is 0.443 e. The van der Waals surface area contributed by atoms with Gasteiger partial charge >= 0.3 is 17.8 Å². The fraction of sp³-hybridized carbons (Fsp3) is 0.378. The second-order valence-electron chi connectivity index (χ2n) is 13.5. The van der Waals surface area contributed by atoms with Gasteiger partial charge in [0, 0.05) is 18.0 Å². The van der Waals surface area contributed by atoms with Crippen LogP contribution in [0.2, 0.25) is 0 Å². The maximum absolute atomic E-state index is 13.7. The van der Waals surface area contributed by atoms with Crippen LogP contribution in [-0.2, 0) is 28.7 Å². The van der Waals surface area contributed by atoms with E-state index >= 15 is 0 Å². The highest BCUT2D eigenvalue weighted by molar-refractivity contribution is 6.11. The average molecular weight is 611 g/mol. The second kappa shape index (κ2) is 12.5. The molecule has 5 rings (SSSR count). The lowest BCUT2D eigenvalue weighted by Crippen LogP contribution is -2.44. The van der Waals surface area contributed by atoms with E-state index in [1.165, 1.54) is 28.3 Å². The molecule has 0 bridgehead atoms. The molecule has 0 saturated carbocycles. The second-order valence-corrected chi connectivity index (χ2v) is 13.5. The Hall–Kier alpha value is -4.43. The summed E-state index contributed by atoms with van der Waals surface area (Å²) in [5, 5.41) is 4.44. The van der Waals surface area contributed by atoms with Gasteiger partial charge in [-0.2, -0.15) is 4.90 Å². The third kappa shape index (κ3) is 7.28. The zero-order valence-corrected chi connectivity index (χ0v) is 27.2. The van der Waals surface area contributed by atoms with Crippen molar-refractivity contribution >= 4 is 28.8 Å². The molecule has 3 aromatic carbocycles. The fourth-order valence-corrected chi connectivity index (χ4v) is 5.95. The Balaban J connectivity index is 1.59. The van der Waals surface area contributed by atoms with Crippen LogP contribution in [0.4, 0.5) is 15.3 Å². The van der Waals surface area contributed by atoms with E-state index in [4.69, 9.17) is 13.9 Å². The maximum Gasteiger partial charge on any atom is 0.424 e. The number of anilines is 1. The average Bonchev–Trinajstić information content (AvgIpc) is 3.09. The number of ether oxygens (including phenoxy) is 2. The summed E-state index contributed by atoms with van der Waals surface area (Å²) >= 11 is 0. The molecule has 0 saturated heterocycles. The van der Waals surface area contributed by atoms with E-state index in [2.05, 4.69) is 53.8 Å². The van der Waals surface area contributed by atoms with Crippen molar-refractivity contribution in [2.45, 2.75) is 85.0 Å². The Morgan fingerprint density at radius 2 is 1.38 bits per heavy atom. The summed E-state index contributed by atoms with van der Waals surface area (Å²) in [5.74, 6) is 0. The van der Waals surface area contributed by atoms with Crippen molar-refractivity contribution in [2.75, 3.05) is 11.4 Å². The number of amides is 2. The van der Waals surface area contributed by atoms with E-state index in [1.54, 1.807) is 53.7 Å². The molecule has 1 aliphatic carbocycles. The number of hydrogen-bond acceptors (Lipinski definition) is 7. The summed E-state index contributed by atoms with van der Waals surface area (Å²) in [6.45, 7) is 12.8. The molecule has 0 aliphatic heterocycles. The van der Waals surface area contributed by atoms with Crippen LogP contribution in [0.3, 0.4) is 0 Å². The number of hydrogen-bond donors (Lipinski definition) is 1. The Kier molecular flexibility index (Phi) is 8.90. The summed E-state index contributed by atoms with van der Waals surface area (Å²) in [5.41, 5.74) is 4.89. The zero-order valence-electron chi connectivity index (χ0n) is 27.2. The minimum Gasteiger partial charge on any atom is -0.443 e. The predicted molar refractivity (Wildman–Crippen MR) is 176 cm³/mol. The molecule has 0 unspecified atom stereocenters. The predicted octanol–water partition coefficient (Wildman–Crippen LogP) is 7.80. The molecule has 1 N–H and O–H groups in total. The number of rotatable bonds is 5. The van der Waals surface area contributed by atoms with Gasteiger partial charge < -0.3 is 19.2 Å². The van der Waals surface area contributed by atoms with Crippen molar-refractivity contribution in [1.29, 1.82) is 0 Å². The van der Waals surface area contributed by atoms with E-state index in [1.807, 2.05) is 6.92 Å². The number of nitrogens with one attached hydrogen (secondary N) is 1. The number of fused-ring (bicyclic) bond motifs is 3. The van der Waals surface area contributed by atoms with Gasteiger partial charge in [-0.15, -0.1) is 0 Å². The van der Waals surface area contributed by atoms with Gasteiger partial charge in [-0.25, -0.2) is 14.4 Å². The van der Waals surface area contributed by atoms with Crippen molar-refractivity contribution in [3.63, 3.8) is 0 Å². The molecule has 236 valence electrons. The lowest BCUT2D eigenvalue weighted by molar-refractivity contribution is 0.0430. The van der Waals surface area contributed by atoms with Crippen LogP contribution >= 0.6 is 0 Å². The van der Waals surface area contributed by atoms with E-state index in [-0.39, 0.29) is 6.04 Å². The molecule has 1 aromatic heterocycles. The number of imide groups is 1. The summed E-state index contributed by atoms with van der Waals surface area (Å²) in [4.78, 5) is 40.6. The topological polar surface area (TPSA) is 98.1 Å². The van der Waals surface area contributed by atoms with Gasteiger partial charge in [0.25, 0.3) is 0 Å². The van der Waals surface area contributed by atoms with Gasteiger partial charge in [0.2, 0.25) is 0 Å². The quantitative estimate of drug-likeness (QED) is 0.230. The van der Waals surface area contributed by atoms with Gasteiger partial charge in [0.15, 0.2) is 0 Å². The SMILES string of the molecule is Cc1cc(=O)oc2ccc(N(C(=O)OC(C)(C)C)C(=O)OC(C)(C)C)c(CCNC3c4ccccc4CCc4ccccc43)c12. The molecule has 0 fully saturated rings. The third-order valence-corrected chi connectivity index (χ3v) is 7.70. The third-order valence-electron chi connectivity index (χ3n) is 7.70. The monoisotopic (exact) mass is 610 g/mol. The smallest absolute Gasteiger partial charge is 0.424 e. The molecule has 0 atom stereocenters. The van der Waals surface area contributed by atoms with Crippen molar-refractivity contribution in [3.8, 4) is 0 Å². The minimum absolute atomic E-state index is 0.0508. The lowest BCUT2D eigenvalue weighted by atomic mass is 9.94. The Bertz CT molecular complexity index is 1720. The van der Waals surface area contributed by atoms with Gasteiger partial charge in [-0.1, -0.05) is 48.5 Å². The van der Waals surface area contributed by atoms with Crippen molar-refractivity contribution in [2.24, 2.45) is 0 Å². The lowest BCUT2D eigenvalue weighted by Gasteiger charge is -2.30. The van der Waals surface area contributed by atoms with Crippen LogP contribution in [0.5, 0.6) is 0 Å². The van der Waals surface area contributed by atoms with Gasteiger partial charge in [0.1, 0.15) is 16.8 Å². The van der Waals surface area contributed by atoms with Gasteiger partial charge in [0.05, 0.1) is 11.7 Å². The maximum atomic E-state index is 13.7. The number of nitrogens with zero attached hydrogens (tertiary/aromatic N) is 1. The fourth-order valence-electron chi connectivity index (χ4n) is 5.95. The van der Waals surface area contributed by atoms with Crippen molar-refractivity contribution in [1.82, 2.24) is 5.32 Å². The van der Waals surface area contributed by atoms with Gasteiger partial charge in [-0.05, 0) is 113 Å². The van der Waals surface area contributed by atoms with Crippen LogP contribution in [0.15, 0.2) is 75.9 Å². The standard InChI is InChI=1S/C37H42N2O6/c1-23-22-31(40)43-30-19-18-29(39(34(41)44-36(2,3)4)35(42)45-37(5,6)7)28(32(23)30)20-21-38-33-26-14-10-8-12-24(26)16-17-25-13-9-11-15-27(25)33/h8-15,18-19,22,33,38H,16-17,20-21H2,1-7H3. The van der Waals surface area contributed by atoms with Crippen LogP contribution in [0, 0.1) is 6.92 Å². The summed E-state index contributed by atoms with van der Waals surface area (Å²) < 4.78 is 17.0. The van der Waals surface area contributed by atoms with Crippen molar-refractivity contribution in [3.05, 3.63) is 111 Å². The van der Waals surface area contributed by atoms with Crippen LogP contribution in [0.1, 0.15) is 81.0 Å². The van der Waals surface area contributed by atoms with E-state index in [0.29, 0.717) is 40.7 Å². The Labute approximate surface area is 264 Å². The molecule has 0 spiro atoms. The molecule has 1 aliphatic rings. The molecular weight excluding hydrogens is 568 g/mol. The van der Waals surface area contributed by atoms with Crippen LogP contribution < -0.4 is 15.8 Å². The first-order chi connectivity index (χ1) is 21.2. The molecule has 0 radical (unpaired) electrons. The van der Waals surface area contributed by atoms with Gasteiger partial charge in [-0.3, -0.25) is 0 Å². The number of carbonyl (C=O) groups is 2. The molecule has 2 amide bonds. The van der Waals surface area contributed by atoms with E-state index in [9.17, 15) is 14.4 Å². The number of carbonyl (C=O) groups excluding carboxylic acids is 2. The van der Waals surface area contributed by atoms with E-state index in [0.717, 1.165) is 17.7 Å². The van der Waals surface area contributed by atoms with Crippen LogP contribution in [0.25, 0.3) is 11.0 Å². The summed E-state index contributed by atoms with van der Waals surface area (Å²) in [7, 11) is 0. The molecular formula is C37H42N2O6. The number of benzene rings is 3. The number of aryl methyl sites for hydroxylation is 3. The first kappa shape index (κ1) is 32.0. The normalized spacial score (nSPS) is 13.5. The molecule has 8 nitrogen and oxygen atoms in total. The molecule has 45 heavy (non-hydrogen) atoms. The highest BCUT2D eigenvalue weighted by Gasteiger charge is 2.35. The molecule has 4 aromatic rings. The first-order valence-corrected chi connectivity index (χ1v) is 15.4. The summed E-state index contributed by atoms with van der Waals surface area (Å²) in [6, 6.07) is 21.6. The van der Waals surface area contributed by atoms with Crippen LogP contribution in [-0.4, -0.2) is 29.9 Å². The zero-order chi connectivity index (χ0) is 32.5. The summed E-state index contributed by atoms with van der Waals surface area (Å²) in [6.07, 6.45) is 0.610. The molecule has 1 heterocycles. The highest BCUT2D eigenvalue weighted by Crippen LogP contribution is 2.35. The molecule has 8 heteroatoms. The van der Waals surface area contributed by atoms with Crippen molar-refractivity contribution < 1.29 is 23.5 Å². The Morgan fingerprint density at radius 1 is 0.844 bits per heavy atom. The highest BCUT2D eigenvalue weighted by atomic mass is 16.6. The Morgan fingerprint density at radius 3 is 1.91 bits per heavy atom. The minimum atomic E-state index is -0.862. The first-order valence-electron chi connectivity index (χ1n) is 15.4.